The van der Waals surface area contributed by atoms with E-state index >= 15 is 0 Å². The van der Waals surface area contributed by atoms with Crippen LogP contribution in [0.2, 0.25) is 0 Å². The second-order valence-corrected chi connectivity index (χ2v) is 5.52. The van der Waals surface area contributed by atoms with Crippen molar-refractivity contribution in [1.82, 2.24) is 10.2 Å². The van der Waals surface area contributed by atoms with Gasteiger partial charge in [-0.3, -0.25) is 4.79 Å². The van der Waals surface area contributed by atoms with E-state index < -0.39 is 0 Å². The lowest BCUT2D eigenvalue weighted by Gasteiger charge is -2.29. The molecule has 2 N–H and O–H groups in total. The molecule has 0 saturated carbocycles. The summed E-state index contributed by atoms with van der Waals surface area (Å²) < 4.78 is 0. The van der Waals surface area contributed by atoms with E-state index in [1.165, 1.54) is 0 Å². The molecule has 0 bridgehead atoms. The lowest BCUT2D eigenvalue weighted by molar-refractivity contribution is -0.122. The number of piperidine rings is 1. The van der Waals surface area contributed by atoms with Crippen LogP contribution in [-0.4, -0.2) is 41.7 Å². The van der Waals surface area contributed by atoms with Crippen LogP contribution in [0.5, 0.6) is 0 Å². The average molecular weight is 276 g/mol. The molecule has 0 aliphatic carbocycles. The third kappa shape index (κ3) is 4.62. The van der Waals surface area contributed by atoms with Crippen LogP contribution in [-0.2, 0) is 4.79 Å². The maximum absolute atomic E-state index is 11.9. The fourth-order valence-electron chi connectivity index (χ4n) is 2.54. The van der Waals surface area contributed by atoms with Crippen molar-refractivity contribution in [2.75, 3.05) is 19.6 Å². The summed E-state index contributed by atoms with van der Waals surface area (Å²) in [5, 5.41) is 12.5. The van der Waals surface area contributed by atoms with Gasteiger partial charge in [0.25, 0.3) is 0 Å². The Morgan fingerprint density at radius 3 is 2.65 bits per heavy atom. The summed E-state index contributed by atoms with van der Waals surface area (Å²) in [6.07, 6.45) is 2.01. The van der Waals surface area contributed by atoms with Gasteiger partial charge in [-0.05, 0) is 25.3 Å². The number of benzene rings is 1. The topological polar surface area (TPSA) is 52.6 Å². The van der Waals surface area contributed by atoms with Gasteiger partial charge in [-0.15, -0.1) is 0 Å². The number of carbonyl (C=O) groups is 1. The predicted octanol–water partition coefficient (Wildman–Crippen LogP) is 1.71. The zero-order chi connectivity index (χ0) is 14.4. The minimum atomic E-state index is -0.154. The van der Waals surface area contributed by atoms with E-state index in [1.807, 2.05) is 37.3 Å². The molecule has 2 rings (SSSR count). The Labute approximate surface area is 120 Å². The number of hydrogen-bond acceptors (Lipinski definition) is 3. The molecule has 0 radical (unpaired) electrons. The van der Waals surface area contributed by atoms with Gasteiger partial charge in [-0.25, -0.2) is 0 Å². The maximum Gasteiger partial charge on any atom is 0.221 e. The molecule has 0 unspecified atom stereocenters. The van der Waals surface area contributed by atoms with E-state index in [0.29, 0.717) is 6.42 Å². The van der Waals surface area contributed by atoms with Gasteiger partial charge in [0, 0.05) is 26.1 Å². The number of carbonyl (C=O) groups excluding carboxylic acids is 1. The van der Waals surface area contributed by atoms with Gasteiger partial charge < -0.3 is 15.3 Å². The second-order valence-electron chi connectivity index (χ2n) is 5.52. The molecular weight excluding hydrogens is 252 g/mol. The molecule has 1 heterocycles. The summed E-state index contributed by atoms with van der Waals surface area (Å²) in [5.74, 6) is 0.0903. The smallest absolute Gasteiger partial charge is 0.221 e. The summed E-state index contributed by atoms with van der Waals surface area (Å²) in [6, 6.07) is 10.0. The second kappa shape index (κ2) is 7.41. The van der Waals surface area contributed by atoms with Crippen LogP contribution in [0.1, 0.15) is 37.8 Å². The lowest BCUT2D eigenvalue weighted by atomic mass is 10.1. The Bertz CT molecular complexity index is 414. The quantitative estimate of drug-likeness (QED) is 0.861. The number of aliphatic hydroxyl groups is 1. The highest BCUT2D eigenvalue weighted by Crippen LogP contribution is 2.12. The van der Waals surface area contributed by atoms with E-state index in [0.717, 1.165) is 38.0 Å². The van der Waals surface area contributed by atoms with Crippen LogP contribution < -0.4 is 5.32 Å². The molecule has 1 saturated heterocycles. The van der Waals surface area contributed by atoms with E-state index in [4.69, 9.17) is 0 Å². The fourth-order valence-corrected chi connectivity index (χ4v) is 2.54. The molecule has 20 heavy (non-hydrogen) atoms. The third-order valence-corrected chi connectivity index (χ3v) is 3.89. The van der Waals surface area contributed by atoms with Crippen molar-refractivity contribution in [2.45, 2.75) is 38.3 Å². The Kier molecular flexibility index (Phi) is 5.56. The van der Waals surface area contributed by atoms with Crippen LogP contribution in [0.25, 0.3) is 0 Å². The van der Waals surface area contributed by atoms with E-state index in [1.54, 1.807) is 0 Å². The Morgan fingerprint density at radius 2 is 2.00 bits per heavy atom. The first-order valence-electron chi connectivity index (χ1n) is 7.40. The van der Waals surface area contributed by atoms with E-state index in [-0.39, 0.29) is 18.1 Å². The normalized spacial score (nSPS) is 18.7. The largest absolute Gasteiger partial charge is 0.393 e. The van der Waals surface area contributed by atoms with Crippen molar-refractivity contribution in [3.8, 4) is 0 Å². The average Bonchev–Trinajstić information content (AvgIpc) is 2.47. The van der Waals surface area contributed by atoms with Gasteiger partial charge in [0.1, 0.15) is 0 Å². The van der Waals surface area contributed by atoms with Crippen LogP contribution in [0.4, 0.5) is 0 Å². The van der Waals surface area contributed by atoms with Crippen molar-refractivity contribution in [2.24, 2.45) is 0 Å². The SMILES string of the molecule is C[C@H](NC(=O)CCN1CCC(O)CC1)c1ccccc1. The number of hydrogen-bond donors (Lipinski definition) is 2. The van der Waals surface area contributed by atoms with Crippen molar-refractivity contribution in [3.05, 3.63) is 35.9 Å². The number of rotatable bonds is 5. The zero-order valence-electron chi connectivity index (χ0n) is 12.1. The summed E-state index contributed by atoms with van der Waals surface area (Å²) in [4.78, 5) is 14.2. The first-order chi connectivity index (χ1) is 9.65. The molecule has 1 aliphatic rings. The first kappa shape index (κ1) is 15.0. The number of amides is 1. The zero-order valence-corrected chi connectivity index (χ0v) is 12.1. The molecule has 1 aliphatic heterocycles. The highest BCUT2D eigenvalue weighted by atomic mass is 16.3. The Balaban J connectivity index is 1.70. The molecule has 1 atom stereocenters. The number of nitrogens with zero attached hydrogens (tertiary/aromatic N) is 1. The number of nitrogens with one attached hydrogen (secondary N) is 1. The number of likely N-dealkylation sites (tertiary alicyclic amines) is 1. The highest BCUT2D eigenvalue weighted by molar-refractivity contribution is 5.76. The van der Waals surface area contributed by atoms with E-state index in [9.17, 15) is 9.90 Å². The molecule has 1 aromatic rings. The van der Waals surface area contributed by atoms with Crippen LogP contribution in [0.3, 0.4) is 0 Å². The molecule has 4 nitrogen and oxygen atoms in total. The third-order valence-electron chi connectivity index (χ3n) is 3.89. The van der Waals surface area contributed by atoms with Gasteiger partial charge in [0.2, 0.25) is 5.91 Å². The van der Waals surface area contributed by atoms with Crippen molar-refractivity contribution in [1.29, 1.82) is 0 Å². The summed E-state index contributed by atoms with van der Waals surface area (Å²) in [5.41, 5.74) is 1.13. The summed E-state index contributed by atoms with van der Waals surface area (Å²) in [6.45, 7) is 4.57. The fraction of sp³-hybridized carbons (Fsp3) is 0.562. The standard InChI is InChI=1S/C16H24N2O2/c1-13(14-5-3-2-4-6-14)17-16(20)9-12-18-10-7-15(19)8-11-18/h2-6,13,15,19H,7-12H2,1H3,(H,17,20)/t13-/m0/s1. The van der Waals surface area contributed by atoms with E-state index in [2.05, 4.69) is 10.2 Å². The van der Waals surface area contributed by atoms with Crippen LogP contribution >= 0.6 is 0 Å². The van der Waals surface area contributed by atoms with Crippen LogP contribution in [0.15, 0.2) is 30.3 Å². The molecule has 1 amide bonds. The monoisotopic (exact) mass is 276 g/mol. The van der Waals surface area contributed by atoms with Gasteiger partial charge in [0.15, 0.2) is 0 Å². The molecule has 1 fully saturated rings. The van der Waals surface area contributed by atoms with Gasteiger partial charge in [-0.2, -0.15) is 0 Å². The molecule has 1 aromatic carbocycles. The Hall–Kier alpha value is -1.39. The molecule has 0 spiro atoms. The molecule has 110 valence electrons. The number of aliphatic hydroxyl groups excluding tert-OH is 1. The van der Waals surface area contributed by atoms with Crippen molar-refractivity contribution >= 4 is 5.91 Å². The minimum absolute atomic E-state index is 0.0480. The first-order valence-corrected chi connectivity index (χ1v) is 7.40. The summed E-state index contributed by atoms with van der Waals surface area (Å²) in [7, 11) is 0. The molecule has 0 aromatic heterocycles. The van der Waals surface area contributed by atoms with Crippen LogP contribution in [0, 0.1) is 0 Å². The van der Waals surface area contributed by atoms with Gasteiger partial charge in [0.05, 0.1) is 12.1 Å². The highest BCUT2D eigenvalue weighted by Gasteiger charge is 2.17. The molecule has 4 heteroatoms. The predicted molar refractivity (Wildman–Crippen MR) is 79.3 cm³/mol. The van der Waals surface area contributed by atoms with Gasteiger partial charge in [-0.1, -0.05) is 30.3 Å². The summed E-state index contributed by atoms with van der Waals surface area (Å²) >= 11 is 0. The van der Waals surface area contributed by atoms with Crippen molar-refractivity contribution in [3.63, 3.8) is 0 Å². The lowest BCUT2D eigenvalue weighted by Crippen LogP contribution is -2.38. The Morgan fingerprint density at radius 1 is 1.35 bits per heavy atom. The maximum atomic E-state index is 11.9. The van der Waals surface area contributed by atoms with Crippen molar-refractivity contribution < 1.29 is 9.90 Å². The minimum Gasteiger partial charge on any atom is -0.393 e. The van der Waals surface area contributed by atoms with Gasteiger partial charge >= 0.3 is 0 Å². The molecular formula is C16H24N2O2.